The SMILES string of the molecule is [CH2]CC(C)(C)C(C)CC(=O)NC1C(=O)COC1CCN(C)C. The number of rotatable bonds is 8. The van der Waals surface area contributed by atoms with Gasteiger partial charge in [-0.1, -0.05) is 27.7 Å². The van der Waals surface area contributed by atoms with Gasteiger partial charge in [0, 0.05) is 13.0 Å². The molecule has 1 N–H and O–H groups in total. The lowest BCUT2D eigenvalue weighted by Gasteiger charge is -2.30. The zero-order valence-corrected chi connectivity index (χ0v) is 14.6. The molecule has 1 rings (SSSR count). The number of nitrogens with one attached hydrogen (secondary N) is 1. The second kappa shape index (κ2) is 8.06. The van der Waals surface area contributed by atoms with Crippen LogP contribution in [0.1, 0.15) is 40.0 Å². The zero-order valence-electron chi connectivity index (χ0n) is 14.6. The predicted molar refractivity (Wildman–Crippen MR) is 87.4 cm³/mol. The Bertz CT molecular complexity index is 393. The monoisotopic (exact) mass is 311 g/mol. The van der Waals surface area contributed by atoms with E-state index in [1.165, 1.54) is 0 Å². The number of amides is 1. The van der Waals surface area contributed by atoms with Crippen LogP contribution in [0.5, 0.6) is 0 Å². The maximum absolute atomic E-state index is 12.3. The average molecular weight is 311 g/mol. The van der Waals surface area contributed by atoms with E-state index in [0.29, 0.717) is 6.42 Å². The van der Waals surface area contributed by atoms with Crippen LogP contribution in [0.15, 0.2) is 0 Å². The highest BCUT2D eigenvalue weighted by atomic mass is 16.5. The molecule has 1 heterocycles. The van der Waals surface area contributed by atoms with Crippen LogP contribution < -0.4 is 5.32 Å². The second-order valence-corrected chi connectivity index (χ2v) is 7.30. The summed E-state index contributed by atoms with van der Waals surface area (Å²) < 4.78 is 5.52. The van der Waals surface area contributed by atoms with Gasteiger partial charge in [0.1, 0.15) is 12.6 Å². The number of nitrogens with zero attached hydrogens (tertiary/aromatic N) is 1. The van der Waals surface area contributed by atoms with Crippen molar-refractivity contribution in [1.82, 2.24) is 10.2 Å². The molecule has 3 atom stereocenters. The molecule has 5 heteroatoms. The van der Waals surface area contributed by atoms with Crippen molar-refractivity contribution in [3.8, 4) is 0 Å². The second-order valence-electron chi connectivity index (χ2n) is 7.30. The Morgan fingerprint density at radius 3 is 2.68 bits per heavy atom. The van der Waals surface area contributed by atoms with E-state index in [1.54, 1.807) is 0 Å². The molecule has 0 bridgehead atoms. The molecule has 5 nitrogen and oxygen atoms in total. The molecule has 0 spiro atoms. The minimum atomic E-state index is -0.498. The number of Topliss-reactive ketones (excluding diaryl/α,β-unsaturated/α-hetero) is 1. The van der Waals surface area contributed by atoms with E-state index in [9.17, 15) is 9.59 Å². The highest BCUT2D eigenvalue weighted by Crippen LogP contribution is 2.32. The van der Waals surface area contributed by atoms with Gasteiger partial charge >= 0.3 is 0 Å². The standard InChI is InChI=1S/C17H31N2O3/c1-7-17(3,4)12(2)10-15(21)18-16-13(20)11-22-14(16)8-9-19(5)6/h12,14,16H,1,7-11H2,2-6H3,(H,18,21). The Morgan fingerprint density at radius 1 is 1.50 bits per heavy atom. The lowest BCUT2D eigenvalue weighted by atomic mass is 9.76. The van der Waals surface area contributed by atoms with Gasteiger partial charge in [-0.25, -0.2) is 0 Å². The molecular formula is C17H31N2O3. The first-order chi connectivity index (χ1) is 10.2. The number of ether oxygens (including phenoxy) is 1. The molecule has 127 valence electrons. The highest BCUT2D eigenvalue weighted by molar-refractivity contribution is 5.91. The summed E-state index contributed by atoms with van der Waals surface area (Å²) in [7, 11) is 3.96. The number of hydrogen-bond acceptors (Lipinski definition) is 4. The van der Waals surface area contributed by atoms with Gasteiger partial charge in [0.25, 0.3) is 0 Å². The molecule has 0 aromatic carbocycles. The molecule has 0 saturated carbocycles. The summed E-state index contributed by atoms with van der Waals surface area (Å²) in [5.41, 5.74) is 0.0118. The first kappa shape index (κ1) is 19.1. The molecule has 1 aliphatic rings. The fraction of sp³-hybridized carbons (Fsp3) is 0.824. The molecule has 0 aliphatic carbocycles. The molecule has 1 radical (unpaired) electrons. The molecule has 1 aliphatic heterocycles. The van der Waals surface area contributed by atoms with Crippen molar-refractivity contribution in [2.24, 2.45) is 11.3 Å². The van der Waals surface area contributed by atoms with Crippen LogP contribution in [0.2, 0.25) is 0 Å². The molecular weight excluding hydrogens is 280 g/mol. The molecule has 1 amide bonds. The Hall–Kier alpha value is -0.940. The van der Waals surface area contributed by atoms with E-state index >= 15 is 0 Å². The van der Waals surface area contributed by atoms with Crippen LogP contribution in [0.4, 0.5) is 0 Å². The Kier molecular flexibility index (Phi) is 7.00. The van der Waals surface area contributed by atoms with E-state index < -0.39 is 6.04 Å². The van der Waals surface area contributed by atoms with Gasteiger partial charge < -0.3 is 15.0 Å². The summed E-state index contributed by atoms with van der Waals surface area (Å²) >= 11 is 0. The minimum absolute atomic E-state index is 0.0118. The lowest BCUT2D eigenvalue weighted by molar-refractivity contribution is -0.127. The van der Waals surface area contributed by atoms with Crippen LogP contribution in [-0.4, -0.2) is 56.0 Å². The molecule has 22 heavy (non-hydrogen) atoms. The van der Waals surface area contributed by atoms with Crippen LogP contribution in [-0.2, 0) is 14.3 Å². The van der Waals surface area contributed by atoms with E-state index in [4.69, 9.17) is 4.74 Å². The Morgan fingerprint density at radius 2 is 2.14 bits per heavy atom. The molecule has 1 saturated heterocycles. The van der Waals surface area contributed by atoms with Gasteiger partial charge in [-0.15, -0.1) is 0 Å². The van der Waals surface area contributed by atoms with Crippen molar-refractivity contribution in [3.05, 3.63) is 6.92 Å². The topological polar surface area (TPSA) is 58.6 Å². The lowest BCUT2D eigenvalue weighted by Crippen LogP contribution is -2.46. The van der Waals surface area contributed by atoms with Gasteiger partial charge in [-0.3, -0.25) is 9.59 Å². The van der Waals surface area contributed by atoms with Crippen LogP contribution in [0, 0.1) is 18.3 Å². The van der Waals surface area contributed by atoms with Crippen molar-refractivity contribution in [1.29, 1.82) is 0 Å². The third-order valence-corrected chi connectivity index (χ3v) is 4.81. The summed E-state index contributed by atoms with van der Waals surface area (Å²) in [4.78, 5) is 26.2. The molecule has 1 fully saturated rings. The fourth-order valence-electron chi connectivity index (χ4n) is 2.42. The third kappa shape index (κ3) is 5.36. The number of carbonyl (C=O) groups excluding carboxylic acids is 2. The summed E-state index contributed by atoms with van der Waals surface area (Å²) in [6.07, 6.45) is 1.71. The van der Waals surface area contributed by atoms with Gasteiger partial charge in [-0.2, -0.15) is 0 Å². The van der Waals surface area contributed by atoms with Crippen molar-refractivity contribution < 1.29 is 14.3 Å². The van der Waals surface area contributed by atoms with Gasteiger partial charge in [0.2, 0.25) is 5.91 Å². The van der Waals surface area contributed by atoms with Crippen molar-refractivity contribution >= 4 is 11.7 Å². The number of carbonyl (C=O) groups is 2. The average Bonchev–Trinajstić information content (AvgIpc) is 2.77. The Balaban J connectivity index is 2.55. The number of hydrogen-bond donors (Lipinski definition) is 1. The normalized spacial score (nSPS) is 23.9. The van der Waals surface area contributed by atoms with Crippen molar-refractivity contribution in [3.63, 3.8) is 0 Å². The third-order valence-electron chi connectivity index (χ3n) is 4.81. The molecule has 3 unspecified atom stereocenters. The molecule has 0 aromatic rings. The Labute approximate surface area is 134 Å². The van der Waals surface area contributed by atoms with Crippen LogP contribution >= 0.6 is 0 Å². The first-order valence-electron chi connectivity index (χ1n) is 8.05. The smallest absolute Gasteiger partial charge is 0.220 e. The quantitative estimate of drug-likeness (QED) is 0.741. The van der Waals surface area contributed by atoms with Crippen molar-refractivity contribution in [2.75, 3.05) is 27.2 Å². The van der Waals surface area contributed by atoms with E-state index in [0.717, 1.165) is 19.4 Å². The van der Waals surface area contributed by atoms with Crippen LogP contribution in [0.25, 0.3) is 0 Å². The fourth-order valence-corrected chi connectivity index (χ4v) is 2.42. The predicted octanol–water partition coefficient (Wildman–Crippen LogP) is 1.67. The van der Waals surface area contributed by atoms with Gasteiger partial charge in [0.15, 0.2) is 5.78 Å². The van der Waals surface area contributed by atoms with E-state index in [1.807, 2.05) is 19.0 Å². The van der Waals surface area contributed by atoms with E-state index in [-0.39, 0.29) is 35.7 Å². The highest BCUT2D eigenvalue weighted by Gasteiger charge is 2.37. The zero-order chi connectivity index (χ0) is 16.9. The minimum Gasteiger partial charge on any atom is -0.368 e. The summed E-state index contributed by atoms with van der Waals surface area (Å²) in [5, 5.41) is 2.88. The summed E-state index contributed by atoms with van der Waals surface area (Å²) in [6, 6.07) is -0.498. The largest absolute Gasteiger partial charge is 0.368 e. The maximum Gasteiger partial charge on any atom is 0.220 e. The van der Waals surface area contributed by atoms with Gasteiger partial charge in [-0.05, 0) is 38.3 Å². The summed E-state index contributed by atoms with van der Waals surface area (Å²) in [5.74, 6) is 0.108. The first-order valence-corrected chi connectivity index (χ1v) is 8.05. The van der Waals surface area contributed by atoms with E-state index in [2.05, 4.69) is 33.0 Å². The van der Waals surface area contributed by atoms with Crippen LogP contribution in [0.3, 0.4) is 0 Å². The maximum atomic E-state index is 12.3. The van der Waals surface area contributed by atoms with Gasteiger partial charge in [0.05, 0.1) is 6.10 Å². The summed E-state index contributed by atoms with van der Waals surface area (Å²) in [6.45, 7) is 11.2. The van der Waals surface area contributed by atoms with Crippen molar-refractivity contribution in [2.45, 2.75) is 52.2 Å². The molecule has 0 aromatic heterocycles. The number of ketones is 1.